The van der Waals surface area contributed by atoms with Gasteiger partial charge in [0.15, 0.2) is 6.29 Å². The van der Waals surface area contributed by atoms with Crippen molar-refractivity contribution in [1.82, 2.24) is 0 Å². The van der Waals surface area contributed by atoms with Gasteiger partial charge in [-0.25, -0.2) is 0 Å². The van der Waals surface area contributed by atoms with E-state index in [9.17, 15) is 14.9 Å². The van der Waals surface area contributed by atoms with Crippen LogP contribution in [0.15, 0.2) is 30.9 Å². The minimum absolute atomic E-state index is 0.118. The largest absolute Gasteiger partial charge is 0.365 e. The Labute approximate surface area is 105 Å². The molecule has 1 saturated carbocycles. The first-order valence-electron chi connectivity index (χ1n) is 5.78. The second kappa shape index (κ2) is 5.00. The van der Waals surface area contributed by atoms with Gasteiger partial charge in [-0.3, -0.25) is 14.9 Å². The Morgan fingerprint density at radius 1 is 1.50 bits per heavy atom. The van der Waals surface area contributed by atoms with Crippen molar-refractivity contribution in [3.05, 3.63) is 46.5 Å². The highest BCUT2D eigenvalue weighted by Gasteiger charge is 2.29. The SMILES string of the molecule is C=CCN(c1ccc([N+](=O)[O-])c(C=O)c1)C1CC1. The van der Waals surface area contributed by atoms with E-state index in [1.165, 1.54) is 6.07 Å². The van der Waals surface area contributed by atoms with E-state index in [-0.39, 0.29) is 11.3 Å². The third-order valence-electron chi connectivity index (χ3n) is 2.98. The third-order valence-corrected chi connectivity index (χ3v) is 2.98. The summed E-state index contributed by atoms with van der Waals surface area (Å²) in [7, 11) is 0. The minimum Gasteiger partial charge on any atom is -0.365 e. The standard InChI is InChI=1S/C13H14N2O3/c1-2-7-14(11-3-4-11)12-5-6-13(15(17)18)10(8-12)9-16/h2,5-6,8-9,11H,1,3-4,7H2. The smallest absolute Gasteiger partial charge is 0.280 e. The van der Waals surface area contributed by atoms with Crippen LogP contribution in [-0.4, -0.2) is 23.8 Å². The van der Waals surface area contributed by atoms with Crippen molar-refractivity contribution in [2.75, 3.05) is 11.4 Å². The van der Waals surface area contributed by atoms with Gasteiger partial charge in [-0.05, 0) is 25.0 Å². The Balaban J connectivity index is 2.35. The van der Waals surface area contributed by atoms with Gasteiger partial charge in [-0.15, -0.1) is 6.58 Å². The molecule has 0 heterocycles. The number of hydrogen-bond donors (Lipinski definition) is 0. The molecule has 0 radical (unpaired) electrons. The minimum atomic E-state index is -0.539. The predicted octanol–water partition coefficient (Wildman–Crippen LogP) is 2.56. The fraction of sp³-hybridized carbons (Fsp3) is 0.308. The molecule has 1 aromatic rings. The number of aldehydes is 1. The number of hydrogen-bond acceptors (Lipinski definition) is 4. The zero-order valence-electron chi connectivity index (χ0n) is 9.91. The van der Waals surface area contributed by atoms with Crippen LogP contribution in [0.5, 0.6) is 0 Å². The highest BCUT2D eigenvalue weighted by atomic mass is 16.6. The van der Waals surface area contributed by atoms with Gasteiger partial charge < -0.3 is 4.90 Å². The van der Waals surface area contributed by atoms with Crippen molar-refractivity contribution in [1.29, 1.82) is 0 Å². The summed E-state index contributed by atoms with van der Waals surface area (Å²) in [6, 6.07) is 5.11. The van der Waals surface area contributed by atoms with E-state index in [2.05, 4.69) is 11.5 Å². The average molecular weight is 246 g/mol. The molecule has 2 rings (SSSR count). The second-order valence-corrected chi connectivity index (χ2v) is 4.29. The molecule has 1 aromatic carbocycles. The van der Waals surface area contributed by atoms with E-state index in [0.29, 0.717) is 18.9 Å². The molecular formula is C13H14N2O3. The molecule has 94 valence electrons. The molecule has 0 saturated heterocycles. The molecular weight excluding hydrogens is 232 g/mol. The third kappa shape index (κ3) is 2.40. The topological polar surface area (TPSA) is 63.4 Å². The molecule has 0 amide bonds. The van der Waals surface area contributed by atoms with Gasteiger partial charge in [-0.1, -0.05) is 6.08 Å². The molecule has 0 aromatic heterocycles. The number of carbonyl (C=O) groups excluding carboxylic acids is 1. The number of rotatable bonds is 6. The molecule has 0 atom stereocenters. The molecule has 0 spiro atoms. The lowest BCUT2D eigenvalue weighted by Crippen LogP contribution is -2.25. The van der Waals surface area contributed by atoms with Gasteiger partial charge in [-0.2, -0.15) is 0 Å². The Bertz CT molecular complexity index is 495. The zero-order valence-corrected chi connectivity index (χ0v) is 9.91. The first-order chi connectivity index (χ1) is 8.67. The number of nitro groups is 1. The Morgan fingerprint density at radius 2 is 2.22 bits per heavy atom. The molecule has 1 fully saturated rings. The number of anilines is 1. The van der Waals surface area contributed by atoms with E-state index < -0.39 is 4.92 Å². The average Bonchev–Trinajstić information content (AvgIpc) is 3.19. The summed E-state index contributed by atoms with van der Waals surface area (Å²) in [6.07, 6.45) is 4.55. The quantitative estimate of drug-likeness (QED) is 0.335. The summed E-state index contributed by atoms with van der Waals surface area (Å²) < 4.78 is 0. The van der Waals surface area contributed by atoms with E-state index >= 15 is 0 Å². The molecule has 1 aliphatic carbocycles. The predicted molar refractivity (Wildman–Crippen MR) is 69.0 cm³/mol. The summed E-state index contributed by atoms with van der Waals surface area (Å²) in [6.45, 7) is 4.39. The molecule has 1 aliphatic rings. The Kier molecular flexibility index (Phi) is 3.41. The van der Waals surface area contributed by atoms with E-state index in [0.717, 1.165) is 18.5 Å². The van der Waals surface area contributed by atoms with Crippen molar-refractivity contribution in [2.45, 2.75) is 18.9 Å². The lowest BCUT2D eigenvalue weighted by atomic mass is 10.1. The van der Waals surface area contributed by atoms with Crippen LogP contribution in [0.25, 0.3) is 0 Å². The van der Waals surface area contributed by atoms with Crippen molar-refractivity contribution in [3.8, 4) is 0 Å². The van der Waals surface area contributed by atoms with Crippen LogP contribution < -0.4 is 4.90 Å². The Hall–Kier alpha value is -2.17. The Morgan fingerprint density at radius 3 is 2.72 bits per heavy atom. The van der Waals surface area contributed by atoms with Gasteiger partial charge in [0.2, 0.25) is 0 Å². The highest BCUT2D eigenvalue weighted by Crippen LogP contribution is 2.33. The summed E-state index contributed by atoms with van der Waals surface area (Å²) in [5.41, 5.74) is 0.806. The lowest BCUT2D eigenvalue weighted by Gasteiger charge is -2.23. The number of nitro benzene ring substituents is 1. The number of carbonyl (C=O) groups is 1. The fourth-order valence-corrected chi connectivity index (χ4v) is 1.97. The van der Waals surface area contributed by atoms with Crippen molar-refractivity contribution in [2.24, 2.45) is 0 Å². The molecule has 0 unspecified atom stereocenters. The number of nitrogens with zero attached hydrogens (tertiary/aromatic N) is 2. The maximum atomic E-state index is 10.9. The van der Waals surface area contributed by atoms with Gasteiger partial charge in [0.25, 0.3) is 5.69 Å². The molecule has 18 heavy (non-hydrogen) atoms. The number of benzene rings is 1. The fourth-order valence-electron chi connectivity index (χ4n) is 1.97. The summed E-state index contributed by atoms with van der Waals surface area (Å²) >= 11 is 0. The maximum absolute atomic E-state index is 10.9. The van der Waals surface area contributed by atoms with E-state index in [1.807, 2.05) is 0 Å². The van der Waals surface area contributed by atoms with Crippen LogP contribution in [0.4, 0.5) is 11.4 Å². The zero-order chi connectivity index (χ0) is 13.1. The summed E-state index contributed by atoms with van der Waals surface area (Å²) in [4.78, 5) is 23.2. The normalized spacial score (nSPS) is 14.0. The van der Waals surface area contributed by atoms with E-state index in [4.69, 9.17) is 0 Å². The molecule has 5 heteroatoms. The summed E-state index contributed by atoms with van der Waals surface area (Å²) in [5, 5.41) is 10.8. The second-order valence-electron chi connectivity index (χ2n) is 4.29. The monoisotopic (exact) mass is 246 g/mol. The van der Waals surface area contributed by atoms with Gasteiger partial charge >= 0.3 is 0 Å². The van der Waals surface area contributed by atoms with Crippen LogP contribution in [0.1, 0.15) is 23.2 Å². The first-order valence-corrected chi connectivity index (χ1v) is 5.78. The van der Waals surface area contributed by atoms with Crippen LogP contribution in [0.3, 0.4) is 0 Å². The highest BCUT2D eigenvalue weighted by molar-refractivity contribution is 5.83. The summed E-state index contributed by atoms with van der Waals surface area (Å²) in [5.74, 6) is 0. The molecule has 0 bridgehead atoms. The molecule has 5 nitrogen and oxygen atoms in total. The van der Waals surface area contributed by atoms with Crippen molar-refractivity contribution < 1.29 is 9.72 Å². The van der Waals surface area contributed by atoms with Crippen molar-refractivity contribution in [3.63, 3.8) is 0 Å². The lowest BCUT2D eigenvalue weighted by molar-refractivity contribution is -0.385. The first kappa shape index (κ1) is 12.3. The van der Waals surface area contributed by atoms with E-state index in [1.54, 1.807) is 18.2 Å². The van der Waals surface area contributed by atoms with Crippen molar-refractivity contribution >= 4 is 17.7 Å². The van der Waals surface area contributed by atoms with Crippen LogP contribution >= 0.6 is 0 Å². The van der Waals surface area contributed by atoms with Gasteiger partial charge in [0.1, 0.15) is 0 Å². The van der Waals surface area contributed by atoms with Gasteiger partial charge in [0, 0.05) is 24.3 Å². The molecule has 0 aliphatic heterocycles. The molecule has 0 N–H and O–H groups in total. The van der Waals surface area contributed by atoms with Crippen LogP contribution in [0, 0.1) is 10.1 Å². The maximum Gasteiger partial charge on any atom is 0.280 e. The van der Waals surface area contributed by atoms with Gasteiger partial charge in [0.05, 0.1) is 10.5 Å². The van der Waals surface area contributed by atoms with Crippen LogP contribution in [-0.2, 0) is 0 Å². The van der Waals surface area contributed by atoms with Crippen LogP contribution in [0.2, 0.25) is 0 Å².